The van der Waals surface area contributed by atoms with Crippen molar-refractivity contribution in [1.82, 2.24) is 15.5 Å². The standard InChI is InChI=1S/C15H17N3O4/c1-9-4-10-7-16-18-13(10)11(5-9)14(21)17-15(6-12(19)20)2-3-22-8-15/h4-5,7H,2-3,6,8H2,1H3,(H,16,18)(H,17,21)(H,19,20). The van der Waals surface area contributed by atoms with Gasteiger partial charge in [-0.3, -0.25) is 14.7 Å². The summed E-state index contributed by atoms with van der Waals surface area (Å²) < 4.78 is 5.30. The number of H-pyrrole nitrogens is 1. The number of nitrogens with one attached hydrogen (secondary N) is 2. The molecule has 7 nitrogen and oxygen atoms in total. The Morgan fingerprint density at radius 2 is 2.32 bits per heavy atom. The number of carbonyl (C=O) groups excluding carboxylic acids is 1. The minimum Gasteiger partial charge on any atom is -0.481 e. The van der Waals surface area contributed by atoms with Gasteiger partial charge in [0.15, 0.2) is 0 Å². The molecule has 0 saturated carbocycles. The number of aromatic amines is 1. The van der Waals surface area contributed by atoms with Crippen molar-refractivity contribution in [2.24, 2.45) is 0 Å². The summed E-state index contributed by atoms with van der Waals surface area (Å²) in [6, 6.07) is 3.70. The van der Waals surface area contributed by atoms with Crippen molar-refractivity contribution in [2.75, 3.05) is 13.2 Å². The maximum atomic E-state index is 12.6. The molecule has 22 heavy (non-hydrogen) atoms. The van der Waals surface area contributed by atoms with Crippen molar-refractivity contribution < 1.29 is 19.4 Å². The van der Waals surface area contributed by atoms with E-state index in [9.17, 15) is 9.59 Å². The molecule has 3 N–H and O–H groups in total. The van der Waals surface area contributed by atoms with Crippen LogP contribution < -0.4 is 5.32 Å². The predicted octanol–water partition coefficient (Wildman–Crippen LogP) is 1.23. The van der Waals surface area contributed by atoms with Gasteiger partial charge < -0.3 is 15.2 Å². The number of aryl methyl sites for hydroxylation is 1. The van der Waals surface area contributed by atoms with Crippen LogP contribution in [-0.2, 0) is 9.53 Å². The van der Waals surface area contributed by atoms with Crippen LogP contribution in [0, 0.1) is 6.92 Å². The van der Waals surface area contributed by atoms with Crippen LogP contribution in [0.1, 0.15) is 28.8 Å². The highest BCUT2D eigenvalue weighted by atomic mass is 16.5. The largest absolute Gasteiger partial charge is 0.481 e. The summed E-state index contributed by atoms with van der Waals surface area (Å²) in [5.41, 5.74) is 1.20. The highest BCUT2D eigenvalue weighted by molar-refractivity contribution is 6.06. The number of hydrogen-bond donors (Lipinski definition) is 3. The molecule has 1 atom stereocenters. The van der Waals surface area contributed by atoms with E-state index >= 15 is 0 Å². The first-order valence-electron chi connectivity index (χ1n) is 7.05. The summed E-state index contributed by atoms with van der Waals surface area (Å²) >= 11 is 0. The maximum Gasteiger partial charge on any atom is 0.305 e. The number of carbonyl (C=O) groups is 2. The molecule has 1 aromatic heterocycles. The first-order valence-corrected chi connectivity index (χ1v) is 7.05. The number of aliphatic carboxylic acids is 1. The van der Waals surface area contributed by atoms with E-state index < -0.39 is 11.5 Å². The molecule has 1 unspecified atom stereocenters. The van der Waals surface area contributed by atoms with Crippen molar-refractivity contribution in [3.63, 3.8) is 0 Å². The van der Waals surface area contributed by atoms with Gasteiger partial charge in [-0.1, -0.05) is 0 Å². The zero-order valence-corrected chi connectivity index (χ0v) is 12.2. The third-order valence-electron chi connectivity index (χ3n) is 3.91. The summed E-state index contributed by atoms with van der Waals surface area (Å²) in [4.78, 5) is 23.7. The zero-order valence-electron chi connectivity index (χ0n) is 12.2. The van der Waals surface area contributed by atoms with Crippen LogP contribution in [0.2, 0.25) is 0 Å². The van der Waals surface area contributed by atoms with E-state index in [1.54, 1.807) is 12.3 Å². The summed E-state index contributed by atoms with van der Waals surface area (Å²) in [7, 11) is 0. The van der Waals surface area contributed by atoms with Crippen LogP contribution >= 0.6 is 0 Å². The number of amides is 1. The summed E-state index contributed by atoms with van der Waals surface area (Å²) in [5.74, 6) is -1.27. The molecule has 1 aliphatic rings. The number of nitrogens with zero attached hydrogens (tertiary/aromatic N) is 1. The van der Waals surface area contributed by atoms with Crippen molar-refractivity contribution in [3.05, 3.63) is 29.5 Å². The molecule has 116 valence electrons. The van der Waals surface area contributed by atoms with Crippen LogP contribution in [0.25, 0.3) is 10.9 Å². The Morgan fingerprint density at radius 1 is 1.50 bits per heavy atom. The lowest BCUT2D eigenvalue weighted by Crippen LogP contribution is -2.50. The number of aromatic nitrogens is 2. The highest BCUT2D eigenvalue weighted by Gasteiger charge is 2.39. The second-order valence-corrected chi connectivity index (χ2v) is 5.75. The van der Waals surface area contributed by atoms with Gasteiger partial charge in [0.05, 0.1) is 35.8 Å². The molecule has 0 radical (unpaired) electrons. The first kappa shape index (κ1) is 14.5. The predicted molar refractivity (Wildman–Crippen MR) is 78.7 cm³/mol. The molecule has 1 aliphatic heterocycles. The molecular formula is C15H17N3O4. The Balaban J connectivity index is 1.92. The van der Waals surface area contributed by atoms with Gasteiger partial charge in [-0.2, -0.15) is 5.10 Å². The summed E-state index contributed by atoms with van der Waals surface area (Å²) in [5, 5.41) is 19.6. The number of rotatable bonds is 4. The van der Waals surface area contributed by atoms with Crippen LogP contribution in [0.3, 0.4) is 0 Å². The number of hydrogen-bond acceptors (Lipinski definition) is 4. The molecule has 0 aliphatic carbocycles. The van der Waals surface area contributed by atoms with E-state index in [0.717, 1.165) is 10.9 Å². The number of ether oxygens (including phenoxy) is 1. The van der Waals surface area contributed by atoms with E-state index in [1.807, 2.05) is 13.0 Å². The Morgan fingerprint density at radius 3 is 3.00 bits per heavy atom. The SMILES string of the molecule is Cc1cc(C(=O)NC2(CC(=O)O)CCOC2)c2[nH]ncc2c1. The number of benzene rings is 1. The molecular weight excluding hydrogens is 286 g/mol. The topological polar surface area (TPSA) is 104 Å². The zero-order chi connectivity index (χ0) is 15.7. The van der Waals surface area contributed by atoms with Gasteiger partial charge in [-0.15, -0.1) is 0 Å². The Labute approximate surface area is 126 Å². The number of fused-ring (bicyclic) bond motifs is 1. The fourth-order valence-corrected chi connectivity index (χ4v) is 2.87. The molecule has 1 fully saturated rings. The van der Waals surface area contributed by atoms with Gasteiger partial charge in [0.2, 0.25) is 0 Å². The van der Waals surface area contributed by atoms with E-state index in [4.69, 9.17) is 9.84 Å². The summed E-state index contributed by atoms with van der Waals surface area (Å²) in [6.07, 6.45) is 1.99. The Bertz CT molecular complexity index is 731. The van der Waals surface area contributed by atoms with Crippen LogP contribution in [-0.4, -0.2) is 45.9 Å². The lowest BCUT2D eigenvalue weighted by molar-refractivity contribution is -0.138. The molecule has 1 saturated heterocycles. The molecule has 7 heteroatoms. The molecule has 1 aromatic carbocycles. The van der Waals surface area contributed by atoms with E-state index in [0.29, 0.717) is 24.1 Å². The second-order valence-electron chi connectivity index (χ2n) is 5.75. The van der Waals surface area contributed by atoms with Crippen molar-refractivity contribution in [3.8, 4) is 0 Å². The minimum absolute atomic E-state index is 0.156. The molecule has 0 spiro atoms. The fourth-order valence-electron chi connectivity index (χ4n) is 2.87. The monoisotopic (exact) mass is 303 g/mol. The molecule has 0 bridgehead atoms. The third kappa shape index (κ3) is 2.67. The molecule has 1 amide bonds. The number of carboxylic acids is 1. The first-order chi connectivity index (χ1) is 10.5. The Kier molecular flexibility index (Phi) is 3.58. The van der Waals surface area contributed by atoms with Crippen molar-refractivity contribution in [1.29, 1.82) is 0 Å². The van der Waals surface area contributed by atoms with E-state index in [-0.39, 0.29) is 18.9 Å². The molecule has 3 rings (SSSR count). The Hall–Kier alpha value is -2.41. The van der Waals surface area contributed by atoms with E-state index in [2.05, 4.69) is 15.5 Å². The minimum atomic E-state index is -0.957. The van der Waals surface area contributed by atoms with Gasteiger partial charge in [0, 0.05) is 12.0 Å². The van der Waals surface area contributed by atoms with Gasteiger partial charge in [-0.05, 0) is 31.0 Å². The van der Waals surface area contributed by atoms with Gasteiger partial charge in [0.25, 0.3) is 5.91 Å². The average Bonchev–Trinajstić information content (AvgIpc) is 3.06. The summed E-state index contributed by atoms with van der Waals surface area (Å²) in [6.45, 7) is 2.55. The lowest BCUT2D eigenvalue weighted by atomic mass is 9.93. The maximum absolute atomic E-state index is 12.6. The van der Waals surface area contributed by atoms with Crippen molar-refractivity contribution >= 4 is 22.8 Å². The van der Waals surface area contributed by atoms with Gasteiger partial charge >= 0.3 is 5.97 Å². The third-order valence-corrected chi connectivity index (χ3v) is 3.91. The smallest absolute Gasteiger partial charge is 0.305 e. The lowest BCUT2D eigenvalue weighted by Gasteiger charge is -2.27. The highest BCUT2D eigenvalue weighted by Crippen LogP contribution is 2.25. The number of carboxylic acid groups (broad SMARTS) is 1. The fraction of sp³-hybridized carbons (Fsp3) is 0.400. The van der Waals surface area contributed by atoms with Crippen molar-refractivity contribution in [2.45, 2.75) is 25.3 Å². The average molecular weight is 303 g/mol. The molecule has 2 heterocycles. The van der Waals surface area contributed by atoms with Crippen LogP contribution in [0.15, 0.2) is 18.3 Å². The van der Waals surface area contributed by atoms with Crippen LogP contribution in [0.5, 0.6) is 0 Å². The quantitative estimate of drug-likeness (QED) is 0.788. The van der Waals surface area contributed by atoms with Gasteiger partial charge in [0.1, 0.15) is 0 Å². The normalized spacial score (nSPS) is 21.1. The van der Waals surface area contributed by atoms with Crippen LogP contribution in [0.4, 0.5) is 0 Å². The molecule has 2 aromatic rings. The van der Waals surface area contributed by atoms with Gasteiger partial charge in [-0.25, -0.2) is 0 Å². The second kappa shape index (κ2) is 5.42. The van der Waals surface area contributed by atoms with E-state index in [1.165, 1.54) is 0 Å².